The zero-order chi connectivity index (χ0) is 11.7. The molecule has 0 spiro atoms. The van der Waals surface area contributed by atoms with Crippen molar-refractivity contribution in [3.63, 3.8) is 0 Å². The van der Waals surface area contributed by atoms with Crippen molar-refractivity contribution in [2.45, 2.75) is 39.3 Å². The van der Waals surface area contributed by atoms with Crippen LogP contribution < -0.4 is 4.23 Å². The van der Waals surface area contributed by atoms with Gasteiger partial charge in [0.15, 0.2) is 0 Å². The Hall–Kier alpha value is -0.686. The second kappa shape index (κ2) is 4.05. The van der Waals surface area contributed by atoms with E-state index in [0.29, 0.717) is 0 Å². The largest absolute Gasteiger partial charge is 0.408 e. The summed E-state index contributed by atoms with van der Waals surface area (Å²) >= 11 is 0. The van der Waals surface area contributed by atoms with E-state index in [9.17, 15) is 0 Å². The molecule has 0 fully saturated rings. The molecule has 1 rings (SSSR count). The fraction of sp³-hybridized carbons (Fsp3) is 0.600. The maximum atomic E-state index is 4.44. The molecule has 15 heavy (non-hydrogen) atoms. The van der Waals surface area contributed by atoms with E-state index < -0.39 is 16.5 Å². The highest BCUT2D eigenvalue weighted by molar-refractivity contribution is 6.99. The van der Waals surface area contributed by atoms with Crippen molar-refractivity contribution < 1.29 is 0 Å². The molecule has 0 aliphatic rings. The normalized spacial score (nSPS) is 12.7. The highest BCUT2D eigenvalue weighted by Crippen LogP contribution is 2.25. The van der Waals surface area contributed by atoms with E-state index >= 15 is 0 Å². The molecule has 0 amide bonds. The fourth-order valence-corrected chi connectivity index (χ4v) is 11.8. The molecular formula is C10H21N3Si2. The monoisotopic (exact) mass is 239 g/mol. The van der Waals surface area contributed by atoms with Crippen LogP contribution in [0.4, 0.5) is 5.82 Å². The van der Waals surface area contributed by atoms with Crippen LogP contribution in [0.25, 0.3) is 0 Å². The summed E-state index contributed by atoms with van der Waals surface area (Å²) in [7, 11) is -2.74. The van der Waals surface area contributed by atoms with Gasteiger partial charge in [-0.15, -0.1) is 0 Å². The Labute approximate surface area is 94.7 Å². The van der Waals surface area contributed by atoms with Gasteiger partial charge < -0.3 is 4.23 Å². The van der Waals surface area contributed by atoms with Crippen molar-refractivity contribution in [3.05, 3.63) is 18.6 Å². The molecule has 0 unspecified atom stereocenters. The van der Waals surface area contributed by atoms with Gasteiger partial charge in [-0.2, -0.15) is 0 Å². The Kier molecular flexibility index (Phi) is 3.35. The van der Waals surface area contributed by atoms with Gasteiger partial charge in [0.1, 0.15) is 22.3 Å². The quantitative estimate of drug-likeness (QED) is 0.760. The van der Waals surface area contributed by atoms with E-state index in [0.717, 1.165) is 5.82 Å². The fourth-order valence-electron chi connectivity index (χ4n) is 2.10. The third-order valence-electron chi connectivity index (χ3n) is 2.12. The number of hydrogen-bond donors (Lipinski definition) is 0. The molecule has 0 aromatic carbocycles. The van der Waals surface area contributed by atoms with Gasteiger partial charge in [0.25, 0.3) is 0 Å². The third-order valence-corrected chi connectivity index (χ3v) is 9.29. The molecule has 0 saturated carbocycles. The molecule has 0 bridgehead atoms. The van der Waals surface area contributed by atoms with Crippen molar-refractivity contribution in [2.75, 3.05) is 4.23 Å². The summed E-state index contributed by atoms with van der Waals surface area (Å²) in [5, 5.41) is 0. The van der Waals surface area contributed by atoms with E-state index in [2.05, 4.69) is 53.5 Å². The lowest BCUT2D eigenvalue weighted by molar-refractivity contribution is 1.15. The van der Waals surface area contributed by atoms with Crippen molar-refractivity contribution in [1.82, 2.24) is 9.97 Å². The van der Waals surface area contributed by atoms with Gasteiger partial charge in [0, 0.05) is 12.4 Å². The van der Waals surface area contributed by atoms with Crippen molar-refractivity contribution in [1.29, 1.82) is 0 Å². The zero-order valence-corrected chi connectivity index (χ0v) is 12.6. The molecule has 1 aromatic rings. The molecule has 0 aliphatic carbocycles. The van der Waals surface area contributed by atoms with Crippen LogP contribution in [0.5, 0.6) is 0 Å². The minimum absolute atomic E-state index is 1.05. The van der Waals surface area contributed by atoms with Crippen LogP contribution in [0.15, 0.2) is 18.6 Å². The van der Waals surface area contributed by atoms with E-state index in [1.165, 1.54) is 0 Å². The van der Waals surface area contributed by atoms with Gasteiger partial charge in [-0.1, -0.05) is 39.3 Å². The van der Waals surface area contributed by atoms with Gasteiger partial charge in [0.2, 0.25) is 0 Å². The van der Waals surface area contributed by atoms with Crippen molar-refractivity contribution in [3.8, 4) is 0 Å². The van der Waals surface area contributed by atoms with E-state index in [1.54, 1.807) is 12.4 Å². The summed E-state index contributed by atoms with van der Waals surface area (Å²) < 4.78 is 2.56. The molecule has 84 valence electrons. The minimum Gasteiger partial charge on any atom is -0.408 e. The third kappa shape index (κ3) is 3.14. The zero-order valence-electron chi connectivity index (χ0n) is 10.6. The highest BCUT2D eigenvalue weighted by atomic mass is 28.4. The van der Waals surface area contributed by atoms with Crippen LogP contribution in [0.3, 0.4) is 0 Å². The summed E-state index contributed by atoms with van der Waals surface area (Å²) in [4.78, 5) is 8.62. The first-order valence-electron chi connectivity index (χ1n) is 5.29. The minimum atomic E-state index is -1.37. The molecule has 0 aliphatic heterocycles. The first kappa shape index (κ1) is 12.4. The van der Waals surface area contributed by atoms with Gasteiger partial charge in [0.05, 0.1) is 6.20 Å². The maximum Gasteiger partial charge on any atom is 0.140 e. The standard InChI is InChI=1S/C10H21N3Si2/c1-14(2,3)13(15(4,5)6)10-9-11-7-8-12-10/h7-9H,1-6H3. The first-order chi connectivity index (χ1) is 6.73. The highest BCUT2D eigenvalue weighted by Gasteiger charge is 2.35. The Morgan fingerprint density at radius 1 is 0.933 bits per heavy atom. The first-order valence-corrected chi connectivity index (χ1v) is 12.2. The predicted octanol–water partition coefficient (Wildman–Crippen LogP) is 2.95. The molecule has 0 N–H and O–H groups in total. The molecule has 0 atom stereocenters. The molecule has 0 radical (unpaired) electrons. The number of aromatic nitrogens is 2. The lowest BCUT2D eigenvalue weighted by Gasteiger charge is -2.44. The Balaban J connectivity index is 3.15. The number of anilines is 1. The second-order valence-electron chi connectivity index (χ2n) is 5.74. The van der Waals surface area contributed by atoms with E-state index in [4.69, 9.17) is 0 Å². The SMILES string of the molecule is C[Si](C)(C)N(c1cnccn1)[Si](C)(C)C. The summed E-state index contributed by atoms with van der Waals surface area (Å²) in [6.07, 6.45) is 5.40. The Bertz CT molecular complexity index is 300. The summed E-state index contributed by atoms with van der Waals surface area (Å²) in [6, 6.07) is 0. The smallest absolute Gasteiger partial charge is 0.140 e. The van der Waals surface area contributed by atoms with Gasteiger partial charge >= 0.3 is 0 Å². The van der Waals surface area contributed by atoms with Crippen LogP contribution in [-0.2, 0) is 0 Å². The van der Waals surface area contributed by atoms with Crippen LogP contribution >= 0.6 is 0 Å². The van der Waals surface area contributed by atoms with Gasteiger partial charge in [-0.05, 0) is 0 Å². The molecule has 5 heteroatoms. The van der Waals surface area contributed by atoms with Crippen molar-refractivity contribution >= 4 is 22.3 Å². The summed E-state index contributed by atoms with van der Waals surface area (Å²) in [5.74, 6) is 1.05. The number of nitrogens with zero attached hydrogens (tertiary/aromatic N) is 3. The second-order valence-corrected chi connectivity index (χ2v) is 15.8. The molecule has 1 aromatic heterocycles. The number of rotatable bonds is 3. The topological polar surface area (TPSA) is 29.0 Å². The van der Waals surface area contributed by atoms with Gasteiger partial charge in [-0.3, -0.25) is 4.98 Å². The van der Waals surface area contributed by atoms with Crippen LogP contribution in [-0.4, -0.2) is 26.4 Å². The number of hydrogen-bond acceptors (Lipinski definition) is 3. The molecule has 1 heterocycles. The van der Waals surface area contributed by atoms with E-state index in [-0.39, 0.29) is 0 Å². The summed E-state index contributed by atoms with van der Waals surface area (Å²) in [5.41, 5.74) is 0. The molecule has 3 nitrogen and oxygen atoms in total. The van der Waals surface area contributed by atoms with Crippen molar-refractivity contribution in [2.24, 2.45) is 0 Å². The average Bonchev–Trinajstić information content (AvgIpc) is 2.00. The lowest BCUT2D eigenvalue weighted by Crippen LogP contribution is -2.59. The Morgan fingerprint density at radius 3 is 1.80 bits per heavy atom. The van der Waals surface area contributed by atoms with Crippen LogP contribution in [0.2, 0.25) is 39.3 Å². The molecule has 0 saturated heterocycles. The van der Waals surface area contributed by atoms with E-state index in [1.807, 2.05) is 6.20 Å². The van der Waals surface area contributed by atoms with Crippen LogP contribution in [0, 0.1) is 0 Å². The molecular weight excluding hydrogens is 218 g/mol. The average molecular weight is 239 g/mol. The summed E-state index contributed by atoms with van der Waals surface area (Å²) in [6.45, 7) is 14.2. The van der Waals surface area contributed by atoms with Crippen LogP contribution in [0.1, 0.15) is 0 Å². The Morgan fingerprint density at radius 2 is 1.47 bits per heavy atom. The van der Waals surface area contributed by atoms with Gasteiger partial charge in [-0.25, -0.2) is 4.98 Å². The lowest BCUT2D eigenvalue weighted by atomic mass is 10.7. The maximum absolute atomic E-state index is 4.44. The predicted molar refractivity (Wildman–Crippen MR) is 71.2 cm³/mol.